The van der Waals surface area contributed by atoms with Crippen LogP contribution in [0.3, 0.4) is 0 Å². The molecule has 0 aromatic carbocycles. The summed E-state index contributed by atoms with van der Waals surface area (Å²) in [5, 5.41) is 4.57. The van der Waals surface area contributed by atoms with Crippen molar-refractivity contribution >= 4 is 11.6 Å². The maximum atomic E-state index is 12.8. The number of hydrogen-bond donors (Lipinski definition) is 0. The Bertz CT molecular complexity index is 907. The van der Waals surface area contributed by atoms with Crippen molar-refractivity contribution in [2.75, 3.05) is 26.3 Å². The molecule has 8 heteroatoms. The summed E-state index contributed by atoms with van der Waals surface area (Å²) in [6, 6.07) is 3.93. The van der Waals surface area contributed by atoms with Gasteiger partial charge < -0.3 is 9.64 Å². The highest BCUT2D eigenvalue weighted by Gasteiger charge is 2.24. The van der Waals surface area contributed by atoms with Gasteiger partial charge in [0.1, 0.15) is 5.82 Å². The number of nitrogens with zero attached hydrogens (tertiary/aromatic N) is 6. The molecule has 0 saturated carbocycles. The van der Waals surface area contributed by atoms with E-state index < -0.39 is 0 Å². The predicted octanol–water partition coefficient (Wildman–Crippen LogP) is 1.16. The number of aromatic nitrogens is 5. The second-order valence-electron chi connectivity index (χ2n) is 6.47. The molecule has 0 bridgehead atoms. The van der Waals surface area contributed by atoms with Gasteiger partial charge in [0.05, 0.1) is 24.5 Å². The van der Waals surface area contributed by atoms with Crippen molar-refractivity contribution in [3.05, 3.63) is 54.0 Å². The number of rotatable bonds is 3. The van der Waals surface area contributed by atoms with Crippen molar-refractivity contribution in [1.82, 2.24) is 29.5 Å². The van der Waals surface area contributed by atoms with Crippen molar-refractivity contribution in [3.8, 4) is 0 Å². The van der Waals surface area contributed by atoms with Gasteiger partial charge in [-0.25, -0.2) is 19.5 Å². The highest BCUT2D eigenvalue weighted by molar-refractivity contribution is 5.93. The van der Waals surface area contributed by atoms with Crippen molar-refractivity contribution in [2.45, 2.75) is 13.3 Å². The van der Waals surface area contributed by atoms with Crippen LogP contribution >= 0.6 is 0 Å². The minimum Gasteiger partial charge on any atom is -0.379 e. The summed E-state index contributed by atoms with van der Waals surface area (Å²) in [6.07, 6.45) is 7.46. The SMILES string of the molecule is Cc1ncc(C(=O)N2CCOC[C@@H](Cc3ccc4nccn4n3)C2)cn1. The molecule has 0 N–H and O–H groups in total. The zero-order valence-electron chi connectivity index (χ0n) is 14.6. The Hall–Kier alpha value is -2.87. The summed E-state index contributed by atoms with van der Waals surface area (Å²) in [5.74, 6) is 0.777. The molecule has 1 saturated heterocycles. The monoisotopic (exact) mass is 352 g/mol. The van der Waals surface area contributed by atoms with Crippen molar-refractivity contribution < 1.29 is 9.53 Å². The van der Waals surface area contributed by atoms with Gasteiger partial charge in [0.25, 0.3) is 5.91 Å². The van der Waals surface area contributed by atoms with Gasteiger partial charge in [-0.3, -0.25) is 4.79 Å². The second kappa shape index (κ2) is 7.17. The number of amides is 1. The van der Waals surface area contributed by atoms with Crippen LogP contribution in [0.2, 0.25) is 0 Å². The molecule has 1 atom stereocenters. The molecular weight excluding hydrogens is 332 g/mol. The quantitative estimate of drug-likeness (QED) is 0.703. The van der Waals surface area contributed by atoms with Crippen LogP contribution in [0.15, 0.2) is 36.9 Å². The fourth-order valence-corrected chi connectivity index (χ4v) is 3.13. The lowest BCUT2D eigenvalue weighted by Gasteiger charge is -2.23. The maximum Gasteiger partial charge on any atom is 0.257 e. The van der Waals surface area contributed by atoms with Gasteiger partial charge in [-0.2, -0.15) is 5.10 Å². The van der Waals surface area contributed by atoms with Crippen LogP contribution in [-0.4, -0.2) is 61.7 Å². The molecule has 134 valence electrons. The number of aryl methyl sites for hydroxylation is 1. The third-order valence-electron chi connectivity index (χ3n) is 4.46. The molecule has 4 rings (SSSR count). The van der Waals surface area contributed by atoms with Crippen molar-refractivity contribution in [3.63, 3.8) is 0 Å². The lowest BCUT2D eigenvalue weighted by molar-refractivity contribution is 0.0736. The Kier molecular flexibility index (Phi) is 4.57. The largest absolute Gasteiger partial charge is 0.379 e. The van der Waals surface area contributed by atoms with E-state index in [0.717, 1.165) is 17.8 Å². The average Bonchev–Trinajstić information content (AvgIpc) is 2.99. The Morgan fingerprint density at radius 3 is 2.96 bits per heavy atom. The summed E-state index contributed by atoms with van der Waals surface area (Å²) < 4.78 is 7.48. The van der Waals surface area contributed by atoms with Gasteiger partial charge in [0.2, 0.25) is 0 Å². The van der Waals surface area contributed by atoms with E-state index >= 15 is 0 Å². The van der Waals surface area contributed by atoms with Crippen molar-refractivity contribution in [2.24, 2.45) is 5.92 Å². The summed E-state index contributed by atoms with van der Waals surface area (Å²) >= 11 is 0. The highest BCUT2D eigenvalue weighted by Crippen LogP contribution is 2.15. The number of carbonyl (C=O) groups is 1. The Morgan fingerprint density at radius 1 is 1.27 bits per heavy atom. The van der Waals surface area contributed by atoms with E-state index in [1.807, 2.05) is 23.2 Å². The van der Waals surface area contributed by atoms with Crippen LogP contribution < -0.4 is 0 Å². The number of ether oxygens (including phenoxy) is 1. The third-order valence-corrected chi connectivity index (χ3v) is 4.46. The van der Waals surface area contributed by atoms with E-state index in [1.54, 1.807) is 30.0 Å². The molecule has 1 amide bonds. The van der Waals surface area contributed by atoms with Crippen molar-refractivity contribution in [1.29, 1.82) is 0 Å². The molecule has 3 aromatic heterocycles. The van der Waals surface area contributed by atoms with Crippen LogP contribution in [0.1, 0.15) is 21.9 Å². The molecule has 0 spiro atoms. The average molecular weight is 352 g/mol. The first-order chi connectivity index (χ1) is 12.7. The molecule has 8 nitrogen and oxygen atoms in total. The summed E-state index contributed by atoms with van der Waals surface area (Å²) in [7, 11) is 0. The summed E-state index contributed by atoms with van der Waals surface area (Å²) in [4.78, 5) is 27.0. The standard InChI is InChI=1S/C18H20N6O2/c1-13-20-9-15(10-21-13)18(25)23-6-7-26-12-14(11-23)8-16-2-3-17-19-4-5-24(17)22-16/h2-5,9-10,14H,6-8,11-12H2,1H3/t14-/m0/s1. The lowest BCUT2D eigenvalue weighted by atomic mass is 10.0. The van der Waals surface area contributed by atoms with Gasteiger partial charge in [-0.15, -0.1) is 0 Å². The molecule has 0 radical (unpaired) electrons. The van der Waals surface area contributed by atoms with E-state index in [-0.39, 0.29) is 11.8 Å². The van der Waals surface area contributed by atoms with E-state index in [1.165, 1.54) is 0 Å². The fourth-order valence-electron chi connectivity index (χ4n) is 3.13. The Labute approximate surface area is 150 Å². The van der Waals surface area contributed by atoms with E-state index in [2.05, 4.69) is 20.1 Å². The molecule has 1 fully saturated rings. The molecular formula is C18H20N6O2. The van der Waals surface area contributed by atoms with Gasteiger partial charge in [-0.1, -0.05) is 0 Å². The minimum absolute atomic E-state index is 0.0569. The van der Waals surface area contributed by atoms with E-state index in [9.17, 15) is 4.79 Å². The van der Waals surface area contributed by atoms with Crippen LogP contribution in [0.4, 0.5) is 0 Å². The Morgan fingerprint density at radius 2 is 2.12 bits per heavy atom. The van der Waals surface area contributed by atoms with Gasteiger partial charge >= 0.3 is 0 Å². The molecule has 3 aromatic rings. The second-order valence-corrected chi connectivity index (χ2v) is 6.47. The predicted molar refractivity (Wildman–Crippen MR) is 93.7 cm³/mol. The van der Waals surface area contributed by atoms with E-state index in [0.29, 0.717) is 37.7 Å². The molecule has 1 aliphatic heterocycles. The minimum atomic E-state index is -0.0569. The molecule has 1 aliphatic rings. The van der Waals surface area contributed by atoms with Crippen LogP contribution in [0, 0.1) is 12.8 Å². The third kappa shape index (κ3) is 3.55. The molecule has 0 unspecified atom stereocenters. The number of carbonyl (C=O) groups excluding carboxylic acids is 1. The van der Waals surface area contributed by atoms with Crippen LogP contribution in [0.25, 0.3) is 5.65 Å². The first kappa shape index (κ1) is 16.6. The zero-order valence-corrected chi connectivity index (χ0v) is 14.6. The first-order valence-electron chi connectivity index (χ1n) is 8.64. The molecule has 26 heavy (non-hydrogen) atoms. The summed E-state index contributed by atoms with van der Waals surface area (Å²) in [6.45, 7) is 4.13. The molecule has 4 heterocycles. The van der Waals surface area contributed by atoms with Gasteiger partial charge in [0.15, 0.2) is 5.65 Å². The van der Waals surface area contributed by atoms with Gasteiger partial charge in [-0.05, 0) is 25.5 Å². The smallest absolute Gasteiger partial charge is 0.257 e. The lowest BCUT2D eigenvalue weighted by Crippen LogP contribution is -2.36. The van der Waals surface area contributed by atoms with Crippen LogP contribution in [-0.2, 0) is 11.2 Å². The first-order valence-corrected chi connectivity index (χ1v) is 8.64. The molecule has 0 aliphatic carbocycles. The fraction of sp³-hybridized carbons (Fsp3) is 0.389. The Balaban J connectivity index is 1.48. The number of imidazole rings is 1. The number of fused-ring (bicyclic) bond motifs is 1. The topological polar surface area (TPSA) is 85.5 Å². The van der Waals surface area contributed by atoms with E-state index in [4.69, 9.17) is 4.74 Å². The summed E-state index contributed by atoms with van der Waals surface area (Å²) in [5.41, 5.74) is 2.29. The normalized spacial score (nSPS) is 18.0. The maximum absolute atomic E-state index is 12.8. The van der Waals surface area contributed by atoms with Gasteiger partial charge in [0, 0.05) is 43.8 Å². The number of hydrogen-bond acceptors (Lipinski definition) is 6. The highest BCUT2D eigenvalue weighted by atomic mass is 16.5. The van der Waals surface area contributed by atoms with Crippen LogP contribution in [0.5, 0.6) is 0 Å². The zero-order chi connectivity index (χ0) is 17.9.